The number of anilines is 1. The highest BCUT2D eigenvalue weighted by Crippen LogP contribution is 2.23. The average Bonchev–Trinajstić information content (AvgIpc) is 2.48. The third kappa shape index (κ3) is 4.73. The van der Waals surface area contributed by atoms with E-state index in [1.807, 2.05) is 36.4 Å². The second-order valence-electron chi connectivity index (χ2n) is 5.12. The van der Waals surface area contributed by atoms with Gasteiger partial charge in [-0.25, -0.2) is 0 Å². The Morgan fingerprint density at radius 2 is 1.95 bits per heavy atom. The number of likely N-dealkylation sites (N-methyl/N-ethyl adjacent to an activating group) is 1. The molecule has 0 aromatic heterocycles. The molecule has 2 aromatic rings. The van der Waals surface area contributed by atoms with Gasteiger partial charge >= 0.3 is 0 Å². The number of para-hydroxylation sites is 1. The zero-order valence-electron chi connectivity index (χ0n) is 12.3. The van der Waals surface area contributed by atoms with E-state index in [0.29, 0.717) is 6.04 Å². The number of rotatable bonds is 6. The van der Waals surface area contributed by atoms with E-state index in [-0.39, 0.29) is 0 Å². The highest BCUT2D eigenvalue weighted by molar-refractivity contribution is 9.10. The molecule has 0 amide bonds. The average molecular weight is 368 g/mol. The van der Waals surface area contributed by atoms with Crippen LogP contribution in [0.25, 0.3) is 0 Å². The summed E-state index contributed by atoms with van der Waals surface area (Å²) in [6.45, 7) is 4.04. The van der Waals surface area contributed by atoms with E-state index in [9.17, 15) is 0 Å². The van der Waals surface area contributed by atoms with Gasteiger partial charge in [0.2, 0.25) is 0 Å². The van der Waals surface area contributed by atoms with E-state index in [0.717, 1.165) is 28.3 Å². The van der Waals surface area contributed by atoms with Crippen molar-refractivity contribution in [3.63, 3.8) is 0 Å². The lowest BCUT2D eigenvalue weighted by Crippen LogP contribution is -2.28. The van der Waals surface area contributed by atoms with Crippen LogP contribution in [0.3, 0.4) is 0 Å². The van der Waals surface area contributed by atoms with Crippen LogP contribution in [0.2, 0.25) is 5.02 Å². The van der Waals surface area contributed by atoms with Crippen LogP contribution in [0.4, 0.5) is 5.69 Å². The summed E-state index contributed by atoms with van der Waals surface area (Å²) >= 11 is 9.61. The first-order valence-electron chi connectivity index (χ1n) is 7.02. The first-order valence-corrected chi connectivity index (χ1v) is 8.19. The Morgan fingerprint density at radius 3 is 2.67 bits per heavy atom. The maximum absolute atomic E-state index is 6.06. The zero-order chi connectivity index (χ0) is 15.2. The Labute approximate surface area is 140 Å². The molecule has 0 aliphatic heterocycles. The Morgan fingerprint density at radius 1 is 1.19 bits per heavy atom. The van der Waals surface area contributed by atoms with Crippen molar-refractivity contribution < 1.29 is 0 Å². The van der Waals surface area contributed by atoms with Crippen LogP contribution in [0.1, 0.15) is 18.5 Å². The van der Waals surface area contributed by atoms with Crippen LogP contribution in [-0.4, -0.2) is 25.0 Å². The molecule has 0 spiro atoms. The first-order chi connectivity index (χ1) is 10.1. The summed E-state index contributed by atoms with van der Waals surface area (Å²) in [4.78, 5) is 2.31. The normalized spacial score (nSPS) is 12.4. The predicted molar refractivity (Wildman–Crippen MR) is 95.1 cm³/mol. The number of hydrogen-bond acceptors (Lipinski definition) is 2. The third-order valence-electron chi connectivity index (χ3n) is 3.65. The van der Waals surface area contributed by atoms with Crippen LogP contribution in [-0.2, 0) is 0 Å². The molecule has 0 heterocycles. The van der Waals surface area contributed by atoms with Crippen LogP contribution < -0.4 is 5.32 Å². The van der Waals surface area contributed by atoms with Gasteiger partial charge in [0.1, 0.15) is 0 Å². The molecule has 1 atom stereocenters. The van der Waals surface area contributed by atoms with Gasteiger partial charge in [-0.1, -0.05) is 35.9 Å². The molecule has 0 radical (unpaired) electrons. The van der Waals surface area contributed by atoms with Gasteiger partial charge in [0.25, 0.3) is 0 Å². The second kappa shape index (κ2) is 7.83. The minimum absolute atomic E-state index is 0.338. The number of halogens is 2. The van der Waals surface area contributed by atoms with Crippen molar-refractivity contribution in [2.45, 2.75) is 13.0 Å². The Kier molecular flexibility index (Phi) is 6.09. The summed E-state index contributed by atoms with van der Waals surface area (Å²) in [5.74, 6) is 0. The molecule has 21 heavy (non-hydrogen) atoms. The van der Waals surface area contributed by atoms with E-state index in [4.69, 9.17) is 11.6 Å². The first kappa shape index (κ1) is 16.3. The molecule has 0 aliphatic rings. The summed E-state index contributed by atoms with van der Waals surface area (Å²) in [6, 6.07) is 16.6. The fraction of sp³-hybridized carbons (Fsp3) is 0.294. The van der Waals surface area contributed by atoms with Gasteiger partial charge in [0, 0.05) is 34.3 Å². The number of nitrogens with zero attached hydrogens (tertiary/aromatic N) is 1. The van der Waals surface area contributed by atoms with Gasteiger partial charge in [-0.2, -0.15) is 0 Å². The summed E-state index contributed by atoms with van der Waals surface area (Å²) in [7, 11) is 2.13. The molecule has 112 valence electrons. The van der Waals surface area contributed by atoms with Gasteiger partial charge in [0.05, 0.1) is 0 Å². The van der Waals surface area contributed by atoms with Crippen molar-refractivity contribution in [3.8, 4) is 0 Å². The maximum Gasteiger partial charge on any atom is 0.0485 e. The van der Waals surface area contributed by atoms with Gasteiger partial charge in [0.15, 0.2) is 0 Å². The van der Waals surface area contributed by atoms with E-state index >= 15 is 0 Å². The fourth-order valence-electron chi connectivity index (χ4n) is 2.19. The molecule has 0 fully saturated rings. The van der Waals surface area contributed by atoms with Crippen molar-refractivity contribution >= 4 is 33.2 Å². The Balaban J connectivity index is 1.87. The van der Waals surface area contributed by atoms with Gasteiger partial charge < -0.3 is 5.32 Å². The van der Waals surface area contributed by atoms with Crippen LogP contribution >= 0.6 is 27.5 Å². The molecular weight excluding hydrogens is 348 g/mol. The minimum atomic E-state index is 0.338. The molecule has 4 heteroatoms. The highest BCUT2D eigenvalue weighted by atomic mass is 79.9. The lowest BCUT2D eigenvalue weighted by Gasteiger charge is -2.25. The summed E-state index contributed by atoms with van der Waals surface area (Å²) in [6.07, 6.45) is 0. The molecule has 0 saturated carbocycles. The van der Waals surface area contributed by atoms with Crippen LogP contribution in [0.5, 0.6) is 0 Å². The monoisotopic (exact) mass is 366 g/mol. The van der Waals surface area contributed by atoms with Crippen molar-refractivity contribution in [3.05, 3.63) is 63.6 Å². The van der Waals surface area contributed by atoms with Crippen LogP contribution in [0, 0.1) is 0 Å². The Hall–Kier alpha value is -1.03. The lowest BCUT2D eigenvalue weighted by molar-refractivity contribution is 0.271. The Bertz CT molecular complexity index is 589. The van der Waals surface area contributed by atoms with E-state index < -0.39 is 0 Å². The quantitative estimate of drug-likeness (QED) is 0.754. The summed E-state index contributed by atoms with van der Waals surface area (Å²) in [5, 5.41) is 4.24. The van der Waals surface area contributed by atoms with Gasteiger partial charge in [-0.05, 0) is 59.7 Å². The predicted octanol–water partition coefficient (Wildman–Crippen LogP) is 5.21. The van der Waals surface area contributed by atoms with Crippen molar-refractivity contribution in [1.82, 2.24) is 4.90 Å². The van der Waals surface area contributed by atoms with Crippen molar-refractivity contribution in [2.75, 3.05) is 25.5 Å². The summed E-state index contributed by atoms with van der Waals surface area (Å²) in [5.41, 5.74) is 2.37. The standard InChI is InChI=1S/C17H20BrClN2/c1-13(14-6-5-7-15(19)12-14)21(2)11-10-20-17-9-4-3-8-16(17)18/h3-9,12-13,20H,10-11H2,1-2H3. The van der Waals surface area contributed by atoms with Crippen LogP contribution in [0.15, 0.2) is 53.0 Å². The van der Waals surface area contributed by atoms with E-state index in [1.165, 1.54) is 5.56 Å². The molecule has 2 rings (SSSR count). The highest BCUT2D eigenvalue weighted by Gasteiger charge is 2.11. The smallest absolute Gasteiger partial charge is 0.0485 e. The SMILES string of the molecule is CC(c1cccc(Cl)c1)N(C)CCNc1ccccc1Br. The maximum atomic E-state index is 6.06. The molecule has 0 aliphatic carbocycles. The fourth-order valence-corrected chi connectivity index (χ4v) is 2.81. The molecular formula is C17H20BrClN2. The number of nitrogens with one attached hydrogen (secondary N) is 1. The number of hydrogen-bond donors (Lipinski definition) is 1. The third-order valence-corrected chi connectivity index (χ3v) is 4.57. The van der Waals surface area contributed by atoms with E-state index in [1.54, 1.807) is 0 Å². The molecule has 1 N–H and O–H groups in total. The molecule has 2 nitrogen and oxygen atoms in total. The van der Waals surface area contributed by atoms with E-state index in [2.05, 4.69) is 52.3 Å². The van der Waals surface area contributed by atoms with Gasteiger partial charge in [-0.15, -0.1) is 0 Å². The molecule has 2 aromatic carbocycles. The topological polar surface area (TPSA) is 15.3 Å². The molecule has 0 saturated heterocycles. The minimum Gasteiger partial charge on any atom is -0.383 e. The second-order valence-corrected chi connectivity index (χ2v) is 6.41. The molecule has 0 bridgehead atoms. The lowest BCUT2D eigenvalue weighted by atomic mass is 10.1. The zero-order valence-corrected chi connectivity index (χ0v) is 14.7. The van der Waals surface area contributed by atoms with Crippen molar-refractivity contribution in [1.29, 1.82) is 0 Å². The number of benzene rings is 2. The molecule has 1 unspecified atom stereocenters. The van der Waals surface area contributed by atoms with Gasteiger partial charge in [-0.3, -0.25) is 4.90 Å². The summed E-state index contributed by atoms with van der Waals surface area (Å²) < 4.78 is 1.09. The van der Waals surface area contributed by atoms with Crippen molar-refractivity contribution in [2.24, 2.45) is 0 Å². The largest absolute Gasteiger partial charge is 0.383 e.